The van der Waals surface area contributed by atoms with Gasteiger partial charge < -0.3 is 9.64 Å². The number of carbonyl (C=O) groups is 1. The van der Waals surface area contributed by atoms with Crippen LogP contribution in [0.5, 0.6) is 5.75 Å². The zero-order chi connectivity index (χ0) is 21.1. The molecule has 2 aliphatic rings. The summed E-state index contributed by atoms with van der Waals surface area (Å²) < 4.78 is 20.4. The normalized spacial score (nSPS) is 21.7. The number of benzene rings is 1. The summed E-state index contributed by atoms with van der Waals surface area (Å²) in [6, 6.07) is 10.8. The van der Waals surface area contributed by atoms with Crippen LogP contribution in [-0.4, -0.2) is 47.4 Å². The van der Waals surface area contributed by atoms with Crippen molar-refractivity contribution in [3.8, 4) is 11.8 Å². The average Bonchev–Trinajstić information content (AvgIpc) is 3.48. The maximum absolute atomic E-state index is 14.8. The van der Waals surface area contributed by atoms with Crippen LogP contribution in [0.4, 0.5) is 4.39 Å². The molecule has 1 aromatic carbocycles. The molecule has 2 saturated heterocycles. The second-order valence-electron chi connectivity index (χ2n) is 8.09. The molecule has 0 unspecified atom stereocenters. The number of hydrogen-bond donors (Lipinski definition) is 0. The summed E-state index contributed by atoms with van der Waals surface area (Å²) in [5, 5.41) is 8.89. The zero-order valence-electron chi connectivity index (χ0n) is 17.1. The summed E-state index contributed by atoms with van der Waals surface area (Å²) in [4.78, 5) is 18.9. The molecular weight excluding hydrogens is 401 g/mol. The van der Waals surface area contributed by atoms with E-state index in [-0.39, 0.29) is 24.1 Å². The van der Waals surface area contributed by atoms with Crippen molar-refractivity contribution in [2.45, 2.75) is 51.3 Å². The van der Waals surface area contributed by atoms with Gasteiger partial charge in [-0.3, -0.25) is 9.69 Å². The number of rotatable bonds is 6. The minimum atomic E-state index is -0.554. The predicted molar refractivity (Wildman–Crippen MR) is 114 cm³/mol. The summed E-state index contributed by atoms with van der Waals surface area (Å²) in [5.74, 6) is -0.410. The van der Waals surface area contributed by atoms with E-state index in [9.17, 15) is 9.18 Å². The van der Waals surface area contributed by atoms with Crippen LogP contribution in [0.3, 0.4) is 0 Å². The van der Waals surface area contributed by atoms with Gasteiger partial charge in [0.05, 0.1) is 5.56 Å². The van der Waals surface area contributed by atoms with Gasteiger partial charge in [0.1, 0.15) is 29.1 Å². The third kappa shape index (κ3) is 4.50. The fourth-order valence-corrected chi connectivity index (χ4v) is 5.13. The lowest BCUT2D eigenvalue weighted by Crippen LogP contribution is -2.44. The van der Waals surface area contributed by atoms with Crippen LogP contribution < -0.4 is 4.74 Å². The van der Waals surface area contributed by atoms with E-state index in [0.29, 0.717) is 23.2 Å². The number of amides is 1. The van der Waals surface area contributed by atoms with Crippen molar-refractivity contribution in [1.29, 1.82) is 5.26 Å². The Labute approximate surface area is 180 Å². The summed E-state index contributed by atoms with van der Waals surface area (Å²) in [5.41, 5.74) is 0.103. The smallest absolute Gasteiger partial charge is 0.257 e. The van der Waals surface area contributed by atoms with Gasteiger partial charge in [-0.05, 0) is 63.4 Å². The van der Waals surface area contributed by atoms with Crippen LogP contribution in [0, 0.1) is 17.1 Å². The second kappa shape index (κ2) is 9.15. The molecule has 3 heterocycles. The molecule has 0 aliphatic carbocycles. The van der Waals surface area contributed by atoms with Gasteiger partial charge in [-0.15, -0.1) is 11.3 Å². The van der Waals surface area contributed by atoms with Gasteiger partial charge in [-0.2, -0.15) is 5.26 Å². The number of nitrogens with zero attached hydrogens (tertiary/aromatic N) is 3. The Hall–Kier alpha value is -2.43. The molecule has 7 heteroatoms. The molecule has 4 rings (SSSR count). The molecular formula is C23H26FN3O2S. The van der Waals surface area contributed by atoms with Gasteiger partial charge in [0, 0.05) is 36.1 Å². The fraction of sp³-hybridized carbons (Fsp3) is 0.478. The largest absolute Gasteiger partial charge is 0.488 e. The molecule has 0 N–H and O–H groups in total. The maximum atomic E-state index is 14.8. The van der Waals surface area contributed by atoms with Crippen LogP contribution in [0.1, 0.15) is 52.7 Å². The van der Waals surface area contributed by atoms with Gasteiger partial charge >= 0.3 is 0 Å². The molecule has 1 aromatic heterocycles. The van der Waals surface area contributed by atoms with Crippen molar-refractivity contribution >= 4 is 17.2 Å². The molecule has 158 valence electrons. The highest BCUT2D eigenvalue weighted by Crippen LogP contribution is 2.27. The number of thiophene rings is 1. The third-order valence-electron chi connectivity index (χ3n) is 6.10. The molecule has 2 aromatic rings. The number of likely N-dealkylation sites (tertiary alicyclic amines) is 2. The molecule has 30 heavy (non-hydrogen) atoms. The number of nitriles is 1. The molecule has 2 fully saturated rings. The Morgan fingerprint density at radius 1 is 1.27 bits per heavy atom. The minimum Gasteiger partial charge on any atom is -0.488 e. The first kappa shape index (κ1) is 20.8. The number of halogens is 1. The maximum Gasteiger partial charge on any atom is 0.257 e. The van der Waals surface area contributed by atoms with E-state index in [1.54, 1.807) is 12.1 Å². The summed E-state index contributed by atoms with van der Waals surface area (Å²) in [6.45, 7) is 5.15. The first-order valence-corrected chi connectivity index (χ1v) is 11.3. The quantitative estimate of drug-likeness (QED) is 0.685. The van der Waals surface area contributed by atoms with Gasteiger partial charge in [0.2, 0.25) is 0 Å². The molecule has 2 atom stereocenters. The lowest BCUT2D eigenvalue weighted by molar-refractivity contribution is 0.0692. The van der Waals surface area contributed by atoms with Crippen molar-refractivity contribution in [3.05, 3.63) is 51.5 Å². The molecule has 2 aliphatic heterocycles. The van der Waals surface area contributed by atoms with Crippen molar-refractivity contribution in [2.75, 3.05) is 19.6 Å². The van der Waals surface area contributed by atoms with E-state index in [1.165, 1.54) is 36.3 Å². The first-order chi connectivity index (χ1) is 14.5. The van der Waals surface area contributed by atoms with Gasteiger partial charge in [0.15, 0.2) is 0 Å². The predicted octanol–water partition coefficient (Wildman–Crippen LogP) is 4.43. The molecule has 0 bridgehead atoms. The molecule has 0 spiro atoms. The Bertz CT molecular complexity index is 954. The van der Waals surface area contributed by atoms with E-state index in [2.05, 4.69) is 17.9 Å². The topological polar surface area (TPSA) is 56.6 Å². The van der Waals surface area contributed by atoms with Gasteiger partial charge in [-0.1, -0.05) is 0 Å². The SMILES string of the molecule is C[C@@H]1CCCN1C[C@@H]1CCCN1C(=O)c1ccc(OCc2ccc(C#N)s2)cc1F. The molecule has 0 radical (unpaired) electrons. The highest BCUT2D eigenvalue weighted by Gasteiger charge is 2.33. The van der Waals surface area contributed by atoms with Crippen molar-refractivity contribution in [2.24, 2.45) is 0 Å². The van der Waals surface area contributed by atoms with Crippen LogP contribution in [0.25, 0.3) is 0 Å². The zero-order valence-corrected chi connectivity index (χ0v) is 18.0. The second-order valence-corrected chi connectivity index (χ2v) is 9.26. The Morgan fingerprint density at radius 3 is 2.80 bits per heavy atom. The Morgan fingerprint density at radius 2 is 2.10 bits per heavy atom. The van der Waals surface area contributed by atoms with Crippen molar-refractivity contribution < 1.29 is 13.9 Å². The van der Waals surface area contributed by atoms with Gasteiger partial charge in [0.25, 0.3) is 5.91 Å². The van der Waals surface area contributed by atoms with Crippen molar-refractivity contribution in [3.63, 3.8) is 0 Å². The summed E-state index contributed by atoms with van der Waals surface area (Å²) in [7, 11) is 0. The monoisotopic (exact) mass is 427 g/mol. The highest BCUT2D eigenvalue weighted by atomic mass is 32.1. The van der Waals surface area contributed by atoms with Crippen LogP contribution >= 0.6 is 11.3 Å². The average molecular weight is 428 g/mol. The van der Waals surface area contributed by atoms with Crippen LogP contribution in [-0.2, 0) is 6.61 Å². The third-order valence-corrected chi connectivity index (χ3v) is 7.06. The summed E-state index contributed by atoms with van der Waals surface area (Å²) in [6.07, 6.45) is 4.36. The van der Waals surface area contributed by atoms with E-state index < -0.39 is 5.82 Å². The Kier molecular flexibility index (Phi) is 6.35. The van der Waals surface area contributed by atoms with Crippen molar-refractivity contribution in [1.82, 2.24) is 9.80 Å². The number of ether oxygens (including phenoxy) is 1. The van der Waals surface area contributed by atoms with E-state index >= 15 is 0 Å². The van der Waals surface area contributed by atoms with E-state index in [0.717, 1.165) is 30.8 Å². The van der Waals surface area contributed by atoms with Gasteiger partial charge in [-0.25, -0.2) is 4.39 Å². The number of carbonyl (C=O) groups excluding carboxylic acids is 1. The molecule has 5 nitrogen and oxygen atoms in total. The van der Waals surface area contributed by atoms with E-state index in [4.69, 9.17) is 10.00 Å². The van der Waals surface area contributed by atoms with E-state index in [1.807, 2.05) is 11.0 Å². The first-order valence-electron chi connectivity index (χ1n) is 10.5. The molecule has 1 amide bonds. The molecule has 0 saturated carbocycles. The van der Waals surface area contributed by atoms with Crippen LogP contribution in [0.15, 0.2) is 30.3 Å². The van der Waals surface area contributed by atoms with Crippen LogP contribution in [0.2, 0.25) is 0 Å². The highest BCUT2D eigenvalue weighted by molar-refractivity contribution is 7.12. The standard InChI is InChI=1S/C23H26FN3O2S/c1-16-4-2-10-26(16)14-17-5-3-11-27(17)23(28)21-9-6-18(12-22(21)24)29-15-20-8-7-19(13-25)30-20/h6-9,12,16-17H,2-5,10-11,14-15H2,1H3/t16-,17+/m1/s1. The minimum absolute atomic E-state index is 0.103. The lowest BCUT2D eigenvalue weighted by Gasteiger charge is -2.31. The number of hydrogen-bond acceptors (Lipinski definition) is 5. The fourth-order valence-electron chi connectivity index (χ4n) is 4.41. The summed E-state index contributed by atoms with van der Waals surface area (Å²) >= 11 is 1.35. The Balaban J connectivity index is 1.40. The lowest BCUT2D eigenvalue weighted by atomic mass is 10.1.